The molecule has 0 spiro atoms. The van der Waals surface area contributed by atoms with Crippen LogP contribution < -0.4 is 10.6 Å². The maximum atomic E-state index is 4.40. The molecule has 2 N–H and O–H groups in total. The summed E-state index contributed by atoms with van der Waals surface area (Å²) in [6.45, 7) is 10.2. The summed E-state index contributed by atoms with van der Waals surface area (Å²) in [5.41, 5.74) is 0. The van der Waals surface area contributed by atoms with Crippen LogP contribution in [-0.2, 0) is 0 Å². The number of rotatable bonds is 4. The molecule has 1 heterocycles. The van der Waals surface area contributed by atoms with Gasteiger partial charge in [0.15, 0.2) is 5.96 Å². The van der Waals surface area contributed by atoms with E-state index in [-0.39, 0.29) is 0 Å². The normalized spacial score (nSPS) is 30.9. The van der Waals surface area contributed by atoms with E-state index in [1.54, 1.807) is 0 Å². The number of hydrogen-bond acceptors (Lipinski definition) is 2. The Morgan fingerprint density at radius 1 is 1.33 bits per heavy atom. The van der Waals surface area contributed by atoms with E-state index in [4.69, 9.17) is 0 Å². The van der Waals surface area contributed by atoms with Crippen LogP contribution in [0, 0.1) is 11.8 Å². The zero-order valence-corrected chi connectivity index (χ0v) is 14.1. The summed E-state index contributed by atoms with van der Waals surface area (Å²) in [5.74, 6) is 2.39. The highest BCUT2D eigenvalue weighted by molar-refractivity contribution is 5.80. The minimum Gasteiger partial charge on any atom is -0.356 e. The molecule has 4 heteroatoms. The number of aliphatic imine (C=N–C) groups is 1. The van der Waals surface area contributed by atoms with Crippen LogP contribution in [0.2, 0.25) is 0 Å². The molecule has 4 nitrogen and oxygen atoms in total. The lowest BCUT2D eigenvalue weighted by molar-refractivity contribution is 0.265. The first-order valence-electron chi connectivity index (χ1n) is 8.46. The smallest absolute Gasteiger partial charge is 0.191 e. The van der Waals surface area contributed by atoms with Crippen molar-refractivity contribution in [3.05, 3.63) is 12.2 Å². The molecule has 1 aliphatic carbocycles. The van der Waals surface area contributed by atoms with E-state index < -0.39 is 0 Å². The second-order valence-electron chi connectivity index (χ2n) is 6.88. The van der Waals surface area contributed by atoms with E-state index in [9.17, 15) is 0 Å². The van der Waals surface area contributed by atoms with E-state index in [0.717, 1.165) is 25.0 Å². The monoisotopic (exact) mass is 292 g/mol. The Hall–Kier alpha value is -1.03. The second kappa shape index (κ2) is 7.83. The number of allylic oxidation sites excluding steroid dienone is 2. The summed E-state index contributed by atoms with van der Waals surface area (Å²) in [6, 6.07) is 1.13. The van der Waals surface area contributed by atoms with Gasteiger partial charge in [-0.05, 0) is 44.9 Å². The van der Waals surface area contributed by atoms with Gasteiger partial charge >= 0.3 is 0 Å². The summed E-state index contributed by atoms with van der Waals surface area (Å²) in [6.07, 6.45) is 8.32. The Morgan fingerprint density at radius 3 is 2.71 bits per heavy atom. The predicted octanol–water partition coefficient (Wildman–Crippen LogP) is 2.24. The molecule has 3 atom stereocenters. The minimum absolute atomic E-state index is 0.504. The Morgan fingerprint density at radius 2 is 2.14 bits per heavy atom. The van der Waals surface area contributed by atoms with Crippen LogP contribution in [0.3, 0.4) is 0 Å². The highest BCUT2D eigenvalue weighted by atomic mass is 15.3. The van der Waals surface area contributed by atoms with Crippen molar-refractivity contribution in [2.24, 2.45) is 16.8 Å². The fourth-order valence-electron chi connectivity index (χ4n) is 3.27. The summed E-state index contributed by atoms with van der Waals surface area (Å²) in [5, 5.41) is 7.14. The van der Waals surface area contributed by atoms with Gasteiger partial charge in [-0.25, -0.2) is 0 Å². The number of hydrogen-bond donors (Lipinski definition) is 2. The Kier molecular flexibility index (Phi) is 6.09. The zero-order chi connectivity index (χ0) is 15.2. The molecule has 0 amide bonds. The quantitative estimate of drug-likeness (QED) is 0.474. The maximum absolute atomic E-state index is 4.40. The first kappa shape index (κ1) is 16.3. The van der Waals surface area contributed by atoms with Gasteiger partial charge in [0.25, 0.3) is 0 Å². The van der Waals surface area contributed by atoms with E-state index in [0.29, 0.717) is 18.0 Å². The van der Waals surface area contributed by atoms with Gasteiger partial charge in [-0.1, -0.05) is 19.1 Å². The van der Waals surface area contributed by atoms with Crippen molar-refractivity contribution < 1.29 is 0 Å². The van der Waals surface area contributed by atoms with Crippen molar-refractivity contribution in [1.29, 1.82) is 0 Å². The van der Waals surface area contributed by atoms with Crippen molar-refractivity contribution in [3.63, 3.8) is 0 Å². The zero-order valence-electron chi connectivity index (χ0n) is 14.1. The molecule has 2 aliphatic rings. The number of likely N-dealkylation sites (tertiary alicyclic amines) is 1. The van der Waals surface area contributed by atoms with Gasteiger partial charge in [0.2, 0.25) is 0 Å². The van der Waals surface area contributed by atoms with Crippen LogP contribution in [0.1, 0.15) is 40.0 Å². The van der Waals surface area contributed by atoms with Crippen LogP contribution in [0.5, 0.6) is 0 Å². The molecule has 3 unspecified atom stereocenters. The van der Waals surface area contributed by atoms with Crippen LogP contribution >= 0.6 is 0 Å². The van der Waals surface area contributed by atoms with Crippen molar-refractivity contribution in [2.45, 2.75) is 52.1 Å². The first-order valence-corrected chi connectivity index (χ1v) is 8.46. The Balaban J connectivity index is 1.78. The third-order valence-electron chi connectivity index (χ3n) is 4.85. The van der Waals surface area contributed by atoms with Gasteiger partial charge in [-0.2, -0.15) is 0 Å². The number of nitrogens with one attached hydrogen (secondary N) is 2. The van der Waals surface area contributed by atoms with E-state index in [2.05, 4.69) is 53.4 Å². The van der Waals surface area contributed by atoms with E-state index in [1.165, 1.54) is 25.8 Å². The number of guanidine groups is 1. The molecule has 0 bridgehead atoms. The lowest BCUT2D eigenvalue weighted by Crippen LogP contribution is -2.47. The topological polar surface area (TPSA) is 39.7 Å². The van der Waals surface area contributed by atoms with Crippen molar-refractivity contribution >= 4 is 5.96 Å². The molecule has 0 aromatic rings. The number of nitrogens with zero attached hydrogens (tertiary/aromatic N) is 2. The largest absolute Gasteiger partial charge is 0.356 e. The third-order valence-corrected chi connectivity index (χ3v) is 4.85. The fraction of sp³-hybridized carbons (Fsp3) is 0.824. The maximum Gasteiger partial charge on any atom is 0.191 e. The average Bonchev–Trinajstić information content (AvgIpc) is 2.86. The Bertz CT molecular complexity index is 375. The molecule has 0 radical (unpaired) electrons. The van der Waals surface area contributed by atoms with Crippen molar-refractivity contribution in [2.75, 3.05) is 26.7 Å². The van der Waals surface area contributed by atoms with Gasteiger partial charge in [0.1, 0.15) is 0 Å². The van der Waals surface area contributed by atoms with Crippen LogP contribution in [0.4, 0.5) is 0 Å². The highest BCUT2D eigenvalue weighted by Gasteiger charge is 2.31. The van der Waals surface area contributed by atoms with Crippen molar-refractivity contribution in [3.8, 4) is 0 Å². The van der Waals surface area contributed by atoms with Gasteiger partial charge in [-0.3, -0.25) is 9.89 Å². The van der Waals surface area contributed by atoms with Gasteiger partial charge in [0.05, 0.1) is 0 Å². The molecule has 2 rings (SSSR count). The van der Waals surface area contributed by atoms with E-state index in [1.807, 2.05) is 7.05 Å². The van der Waals surface area contributed by atoms with Gasteiger partial charge < -0.3 is 10.6 Å². The van der Waals surface area contributed by atoms with Gasteiger partial charge in [0, 0.05) is 38.8 Å². The third kappa shape index (κ3) is 4.73. The second-order valence-corrected chi connectivity index (χ2v) is 6.88. The predicted molar refractivity (Wildman–Crippen MR) is 90.6 cm³/mol. The molecule has 120 valence electrons. The first-order chi connectivity index (χ1) is 10.1. The van der Waals surface area contributed by atoms with Crippen molar-refractivity contribution in [1.82, 2.24) is 15.5 Å². The molecule has 0 aromatic heterocycles. The fourth-order valence-corrected chi connectivity index (χ4v) is 3.27. The highest BCUT2D eigenvalue weighted by Crippen LogP contribution is 2.19. The summed E-state index contributed by atoms with van der Waals surface area (Å²) < 4.78 is 0. The van der Waals surface area contributed by atoms with E-state index >= 15 is 0 Å². The summed E-state index contributed by atoms with van der Waals surface area (Å²) >= 11 is 0. The molecule has 1 saturated heterocycles. The summed E-state index contributed by atoms with van der Waals surface area (Å²) in [4.78, 5) is 6.94. The van der Waals surface area contributed by atoms with Crippen LogP contribution in [0.15, 0.2) is 17.1 Å². The standard InChI is InChI=1S/C17H32N4/c1-13(2)21-11-14(3)16(12-21)20-17(18-4)19-10-15-8-6-5-7-9-15/h5-6,13-16H,7-12H2,1-4H3,(H2,18,19,20). The molecular weight excluding hydrogens is 260 g/mol. The average molecular weight is 292 g/mol. The minimum atomic E-state index is 0.504. The summed E-state index contributed by atoms with van der Waals surface area (Å²) in [7, 11) is 1.87. The molecule has 0 saturated carbocycles. The molecule has 1 aliphatic heterocycles. The molecular formula is C17H32N4. The molecule has 1 fully saturated rings. The molecule has 0 aromatic carbocycles. The lowest BCUT2D eigenvalue weighted by atomic mass is 9.94. The Labute approximate surface area is 130 Å². The SMILES string of the molecule is CN=C(NCC1CC=CCC1)NC1CN(C(C)C)CC1C. The van der Waals surface area contributed by atoms with Crippen LogP contribution in [0.25, 0.3) is 0 Å². The molecule has 21 heavy (non-hydrogen) atoms. The van der Waals surface area contributed by atoms with Gasteiger partial charge in [-0.15, -0.1) is 0 Å². The van der Waals surface area contributed by atoms with Crippen LogP contribution in [-0.4, -0.2) is 49.6 Å². The lowest BCUT2D eigenvalue weighted by Gasteiger charge is -2.24.